The van der Waals surface area contributed by atoms with Crippen molar-refractivity contribution in [3.05, 3.63) is 124 Å². The van der Waals surface area contributed by atoms with Crippen LogP contribution in [0.3, 0.4) is 0 Å². The second-order valence-corrected chi connectivity index (χ2v) is 28.7. The molecule has 102 heavy (non-hydrogen) atoms. The highest BCUT2D eigenvalue weighted by Gasteiger charge is 2.54. The Kier molecular flexibility index (Phi) is 21.9. The van der Waals surface area contributed by atoms with Crippen molar-refractivity contribution in [2.24, 2.45) is 16.2 Å². The summed E-state index contributed by atoms with van der Waals surface area (Å²) in [4.78, 5) is 76.2. The molecule has 19 nitrogen and oxygen atoms in total. The monoisotopic (exact) mass is 1390 g/mol. The van der Waals surface area contributed by atoms with Gasteiger partial charge in [0, 0.05) is 52.6 Å². The van der Waals surface area contributed by atoms with E-state index >= 15 is 0 Å². The number of ether oxygens (including phenoxy) is 12. The number of nitrogens with zero attached hydrogens (tertiary/aromatic N) is 1. The summed E-state index contributed by atoms with van der Waals surface area (Å²) >= 11 is 0. The van der Waals surface area contributed by atoms with Crippen LogP contribution in [-0.2, 0) is 47.9 Å². The maximum absolute atomic E-state index is 13.2. The average molecular weight is 1390 g/mol. The number of carbonyl (C=O) groups is 6. The van der Waals surface area contributed by atoms with Crippen LogP contribution in [0.4, 0.5) is 0 Å². The summed E-state index contributed by atoms with van der Waals surface area (Å²) in [6, 6.07) is 30.6. The van der Waals surface area contributed by atoms with Crippen molar-refractivity contribution in [1.82, 2.24) is 0 Å². The first kappa shape index (κ1) is 72.2. The van der Waals surface area contributed by atoms with Gasteiger partial charge in [0.1, 0.15) is 54.3 Å². The van der Waals surface area contributed by atoms with Crippen LogP contribution < -0.4 is 42.6 Å². The molecule has 0 atom stereocenters. The number of hydrogen-bond donors (Lipinski definition) is 0. The Morgan fingerprint density at radius 3 is 0.990 bits per heavy atom. The second kappa shape index (κ2) is 30.9. The number of carbonyl (C=O) groups excluding carboxylic acids is 6. The minimum absolute atomic E-state index is 0.0325. The Balaban J connectivity index is 0.000000144. The van der Waals surface area contributed by atoms with E-state index in [9.17, 15) is 34.0 Å². The lowest BCUT2D eigenvalue weighted by molar-refractivity contribution is -0.173. The lowest BCUT2D eigenvalue weighted by atomic mass is 9.69. The average Bonchev–Trinajstić information content (AvgIpc) is 1.17. The maximum atomic E-state index is 13.2. The number of methoxy groups -OCH3 is 6. The van der Waals surface area contributed by atoms with Crippen molar-refractivity contribution in [2.75, 3.05) is 62.5 Å². The second-order valence-electron chi connectivity index (χ2n) is 28.7. The third-order valence-electron chi connectivity index (χ3n) is 21.9. The first-order chi connectivity index (χ1) is 49.4. The molecule has 0 amide bonds. The molecule has 8 aliphatic carbocycles. The zero-order chi connectivity index (χ0) is 71.9. The number of rotatable bonds is 24. The van der Waals surface area contributed by atoms with Crippen molar-refractivity contribution >= 4 is 35.3 Å². The van der Waals surface area contributed by atoms with Gasteiger partial charge in [-0.25, -0.2) is 0 Å². The lowest BCUT2D eigenvalue weighted by Crippen LogP contribution is -2.47. The summed E-state index contributed by atoms with van der Waals surface area (Å²) < 4.78 is 70.1. The number of fused-ring (bicyclic) bond motifs is 3. The predicted octanol–water partition coefficient (Wildman–Crippen LogP) is 16.0. The van der Waals surface area contributed by atoms with Gasteiger partial charge in [0.25, 0.3) is 0 Å². The molecule has 0 saturated heterocycles. The quantitative estimate of drug-likeness (QED) is 0.0404. The molecular weight excluding hydrogens is 1300 g/mol. The molecule has 5 saturated carbocycles. The van der Waals surface area contributed by atoms with Crippen molar-refractivity contribution in [3.63, 3.8) is 0 Å². The van der Waals surface area contributed by atoms with Gasteiger partial charge in [0.15, 0.2) is 57.4 Å². The molecule has 14 rings (SSSR count). The Morgan fingerprint density at radius 1 is 0.382 bits per heavy atom. The SMILES string of the molecule is COc1ccc(-c2cccc3c2CCC3=O)c(OCC2(C(=O)OC(C)(C)C#N)CCC2)c1OC.COc1ccc(-c2cccc3c2CCC3=O)c(OCC2(C(=O)OC3CCCC3)CCC2)c1OC.COc1ccc(-c2cccc3c2CCC3=O)c(OCC2(C(=O)OC3CCCCC3)CC2)c1OC. The zero-order valence-corrected chi connectivity index (χ0v) is 60.0. The van der Waals surface area contributed by atoms with E-state index in [1.165, 1.54) is 13.5 Å². The highest BCUT2D eigenvalue weighted by Crippen LogP contribution is 2.54. The van der Waals surface area contributed by atoms with Gasteiger partial charge in [0.2, 0.25) is 17.2 Å². The molecule has 6 aromatic carbocycles. The summed E-state index contributed by atoms with van der Waals surface area (Å²) in [6.07, 6.45) is 19.3. The highest BCUT2D eigenvalue weighted by molar-refractivity contribution is 6.04. The van der Waals surface area contributed by atoms with E-state index in [2.05, 4.69) is 0 Å². The van der Waals surface area contributed by atoms with Gasteiger partial charge in [-0.1, -0.05) is 73.9 Å². The van der Waals surface area contributed by atoms with Crippen LogP contribution in [0.5, 0.6) is 51.7 Å². The molecule has 19 heteroatoms. The Hall–Kier alpha value is -9.57. The largest absolute Gasteiger partial charge is 0.493 e. The third kappa shape index (κ3) is 14.6. The summed E-state index contributed by atoms with van der Waals surface area (Å²) in [5, 5.41) is 9.28. The van der Waals surface area contributed by atoms with Gasteiger partial charge in [-0.15, -0.1) is 0 Å². The number of benzene rings is 6. The topological polar surface area (TPSA) is 237 Å². The van der Waals surface area contributed by atoms with E-state index in [4.69, 9.17) is 56.8 Å². The fourth-order valence-electron chi connectivity index (χ4n) is 15.3. The van der Waals surface area contributed by atoms with Gasteiger partial charge in [-0.2, -0.15) is 5.26 Å². The molecular formula is C83H93NO18. The van der Waals surface area contributed by atoms with E-state index in [0.717, 1.165) is 157 Å². The molecule has 0 spiro atoms. The van der Waals surface area contributed by atoms with Crippen LogP contribution >= 0.6 is 0 Å². The highest BCUT2D eigenvalue weighted by atomic mass is 16.6. The minimum Gasteiger partial charge on any atom is -0.493 e. The smallest absolute Gasteiger partial charge is 0.317 e. The molecule has 0 N–H and O–H groups in total. The van der Waals surface area contributed by atoms with Gasteiger partial charge in [0.05, 0.1) is 42.7 Å². The summed E-state index contributed by atoms with van der Waals surface area (Å²) in [6.45, 7) is 3.67. The Labute approximate surface area is 597 Å². The van der Waals surface area contributed by atoms with Crippen LogP contribution in [0, 0.1) is 27.6 Å². The predicted molar refractivity (Wildman–Crippen MR) is 381 cm³/mol. The van der Waals surface area contributed by atoms with Crippen molar-refractivity contribution in [2.45, 2.75) is 179 Å². The Morgan fingerprint density at radius 2 is 0.696 bits per heavy atom. The fraction of sp³-hybridized carbons (Fsp3) is 0.482. The molecule has 5 fully saturated rings. The molecule has 0 bridgehead atoms. The number of Topliss-reactive ketones (excluding diaryl/α,β-unsaturated/α-hetero) is 3. The van der Waals surface area contributed by atoms with Gasteiger partial charge < -0.3 is 56.8 Å². The number of esters is 3. The summed E-state index contributed by atoms with van der Waals surface area (Å²) in [5.41, 5.74) is 7.30. The molecule has 0 heterocycles. The zero-order valence-electron chi connectivity index (χ0n) is 60.0. The standard InChI is InChI=1S/2C28H32O6.C27H29NO6/c1-31-24-14-12-22(19-9-5-10-21-20(19)11-13-23(21)29)25(26(24)32-2)33-17-28(15-6-16-28)27(30)34-18-7-3-4-8-18;1-31-24-14-12-22(19-9-6-10-21-20(19)11-13-23(21)29)25(26(24)32-2)33-17-28(15-16-28)27(30)34-18-7-4-3-5-8-18;1-26(2,15-28)34-25(30)27(13-6-14-27)16-33-23-20(10-12-22(31-3)24(23)32-4)17-7-5-8-19-18(17)9-11-21(19)29/h5,9-10,12,14,18H,3-4,6-8,11,13,15-17H2,1-2H3;6,9-10,12,14,18H,3-5,7-8,11,13,15-17H2,1-2H3;5,7-8,10,12H,6,9,11,13-14,16H2,1-4H3. The molecule has 6 aromatic rings. The molecule has 0 aliphatic heterocycles. The number of ketones is 3. The number of nitriles is 1. The minimum atomic E-state index is -1.21. The molecule has 0 aromatic heterocycles. The molecule has 538 valence electrons. The molecule has 8 aliphatic rings. The van der Waals surface area contributed by atoms with Crippen LogP contribution in [0.2, 0.25) is 0 Å². The number of hydrogen-bond acceptors (Lipinski definition) is 19. The van der Waals surface area contributed by atoms with Crippen LogP contribution in [0.1, 0.15) is 190 Å². The van der Waals surface area contributed by atoms with E-state index in [-0.39, 0.29) is 61.3 Å². The van der Waals surface area contributed by atoms with Crippen LogP contribution in [-0.4, -0.2) is 116 Å². The fourth-order valence-corrected chi connectivity index (χ4v) is 15.3. The van der Waals surface area contributed by atoms with Crippen molar-refractivity contribution < 1.29 is 85.6 Å². The van der Waals surface area contributed by atoms with Gasteiger partial charge >= 0.3 is 17.9 Å². The summed E-state index contributed by atoms with van der Waals surface area (Å²) in [7, 11) is 9.43. The maximum Gasteiger partial charge on any atom is 0.317 e. The van der Waals surface area contributed by atoms with Gasteiger partial charge in [-0.05, 0) is 193 Å². The first-order valence-electron chi connectivity index (χ1n) is 36.0. The van der Waals surface area contributed by atoms with E-state index in [1.807, 2.05) is 91.0 Å². The summed E-state index contributed by atoms with van der Waals surface area (Å²) in [5.74, 6) is 4.28. The van der Waals surface area contributed by atoms with E-state index < -0.39 is 27.8 Å². The van der Waals surface area contributed by atoms with Crippen LogP contribution in [0.15, 0.2) is 91.0 Å². The van der Waals surface area contributed by atoms with E-state index in [0.29, 0.717) is 103 Å². The normalized spacial score (nSPS) is 17.9. The van der Waals surface area contributed by atoms with E-state index in [1.54, 1.807) is 55.5 Å². The van der Waals surface area contributed by atoms with Crippen molar-refractivity contribution in [3.8, 4) is 91.2 Å². The Bertz CT molecular complexity index is 4210. The van der Waals surface area contributed by atoms with Gasteiger partial charge in [-0.3, -0.25) is 28.8 Å². The molecule has 0 unspecified atom stereocenters. The van der Waals surface area contributed by atoms with Crippen LogP contribution in [0.25, 0.3) is 33.4 Å². The first-order valence-corrected chi connectivity index (χ1v) is 36.0. The molecule has 0 radical (unpaired) electrons. The third-order valence-corrected chi connectivity index (χ3v) is 21.9. The van der Waals surface area contributed by atoms with Crippen molar-refractivity contribution in [1.29, 1.82) is 5.26 Å². The lowest BCUT2D eigenvalue weighted by Gasteiger charge is -2.40.